The van der Waals surface area contributed by atoms with Gasteiger partial charge < -0.3 is 15.2 Å². The third-order valence-corrected chi connectivity index (χ3v) is 3.04. The van der Waals surface area contributed by atoms with Crippen LogP contribution in [0.5, 0.6) is 5.75 Å². The largest absolute Gasteiger partial charge is 0.496 e. The summed E-state index contributed by atoms with van der Waals surface area (Å²) in [5.41, 5.74) is 7.01. The highest BCUT2D eigenvalue weighted by atomic mass is 16.5. The highest BCUT2D eigenvalue weighted by Gasteiger charge is 2.27. The van der Waals surface area contributed by atoms with Crippen molar-refractivity contribution in [2.24, 2.45) is 5.73 Å². The summed E-state index contributed by atoms with van der Waals surface area (Å²) in [7, 11) is 1.68. The Bertz CT molecular complexity index is 350. The molecule has 1 rings (SSSR count). The summed E-state index contributed by atoms with van der Waals surface area (Å²) in [5, 5.41) is 0. The number of rotatable bonds is 6. The van der Waals surface area contributed by atoms with E-state index in [2.05, 4.69) is 0 Å². The second kappa shape index (κ2) is 6.03. The zero-order valence-corrected chi connectivity index (χ0v) is 11.2. The van der Waals surface area contributed by atoms with Gasteiger partial charge in [0.1, 0.15) is 5.75 Å². The van der Waals surface area contributed by atoms with Gasteiger partial charge in [-0.15, -0.1) is 0 Å². The van der Waals surface area contributed by atoms with Crippen LogP contribution in [0.2, 0.25) is 0 Å². The minimum absolute atomic E-state index is 0.0567. The van der Waals surface area contributed by atoms with Crippen molar-refractivity contribution in [3.8, 4) is 5.75 Å². The van der Waals surface area contributed by atoms with Gasteiger partial charge in [0, 0.05) is 12.6 Å². The lowest BCUT2D eigenvalue weighted by Gasteiger charge is -2.31. The maximum Gasteiger partial charge on any atom is 0.122 e. The van der Waals surface area contributed by atoms with Gasteiger partial charge in [-0.25, -0.2) is 0 Å². The fourth-order valence-electron chi connectivity index (χ4n) is 1.83. The van der Waals surface area contributed by atoms with Crippen molar-refractivity contribution < 1.29 is 9.47 Å². The zero-order valence-electron chi connectivity index (χ0n) is 11.2. The maximum absolute atomic E-state index is 6.21. The van der Waals surface area contributed by atoms with E-state index in [1.807, 2.05) is 45.0 Å². The Labute approximate surface area is 104 Å². The zero-order chi connectivity index (χ0) is 12.9. The molecule has 0 fully saturated rings. The van der Waals surface area contributed by atoms with E-state index in [0.717, 1.165) is 17.7 Å². The van der Waals surface area contributed by atoms with Crippen LogP contribution in [0.1, 0.15) is 26.3 Å². The molecule has 0 spiro atoms. The lowest BCUT2D eigenvalue weighted by atomic mass is 9.92. The molecule has 1 aromatic carbocycles. The summed E-state index contributed by atoms with van der Waals surface area (Å²) < 4.78 is 11.0. The van der Waals surface area contributed by atoms with E-state index in [4.69, 9.17) is 15.2 Å². The lowest BCUT2D eigenvalue weighted by molar-refractivity contribution is -0.0289. The second-order valence-electron chi connectivity index (χ2n) is 4.66. The third kappa shape index (κ3) is 3.72. The molecule has 0 aliphatic heterocycles. The average Bonchev–Trinajstić information content (AvgIpc) is 2.29. The molecule has 0 saturated carbocycles. The molecule has 0 aliphatic rings. The molecule has 3 heteroatoms. The van der Waals surface area contributed by atoms with Gasteiger partial charge in [0.25, 0.3) is 0 Å². The maximum atomic E-state index is 6.21. The molecule has 1 unspecified atom stereocenters. The topological polar surface area (TPSA) is 44.5 Å². The quantitative estimate of drug-likeness (QED) is 0.826. The Morgan fingerprint density at radius 1 is 1.29 bits per heavy atom. The number of hydrogen-bond donors (Lipinski definition) is 1. The average molecular weight is 237 g/mol. The van der Waals surface area contributed by atoms with Crippen LogP contribution in [0.3, 0.4) is 0 Å². The van der Waals surface area contributed by atoms with Gasteiger partial charge in [0.05, 0.1) is 12.7 Å². The van der Waals surface area contributed by atoms with Gasteiger partial charge in [0.15, 0.2) is 0 Å². The molecule has 0 bridgehead atoms. The number of hydrogen-bond acceptors (Lipinski definition) is 3. The second-order valence-corrected chi connectivity index (χ2v) is 4.66. The van der Waals surface area contributed by atoms with Crippen molar-refractivity contribution in [1.29, 1.82) is 0 Å². The standard InChI is InChI=1S/C14H23NO2/c1-5-17-14(2,3)13(15)10-11-8-6-7-9-12(11)16-4/h6-9,13H,5,10,15H2,1-4H3. The number of ether oxygens (including phenoxy) is 2. The minimum atomic E-state index is -0.324. The molecule has 0 aromatic heterocycles. The smallest absolute Gasteiger partial charge is 0.122 e. The van der Waals surface area contributed by atoms with Crippen molar-refractivity contribution in [2.75, 3.05) is 13.7 Å². The molecular weight excluding hydrogens is 214 g/mol. The Hall–Kier alpha value is -1.06. The van der Waals surface area contributed by atoms with Gasteiger partial charge >= 0.3 is 0 Å². The van der Waals surface area contributed by atoms with Crippen LogP contribution >= 0.6 is 0 Å². The fourth-order valence-corrected chi connectivity index (χ4v) is 1.83. The van der Waals surface area contributed by atoms with Crippen LogP contribution in [-0.4, -0.2) is 25.4 Å². The summed E-state index contributed by atoms with van der Waals surface area (Å²) in [5.74, 6) is 0.884. The van der Waals surface area contributed by atoms with E-state index in [1.165, 1.54) is 0 Å². The molecule has 0 aliphatic carbocycles. The summed E-state index contributed by atoms with van der Waals surface area (Å²) >= 11 is 0. The Balaban J connectivity index is 2.76. The van der Waals surface area contributed by atoms with E-state index < -0.39 is 0 Å². The summed E-state index contributed by atoms with van der Waals surface area (Å²) in [6, 6.07) is 7.90. The molecule has 0 heterocycles. The number of nitrogens with two attached hydrogens (primary N) is 1. The Morgan fingerprint density at radius 3 is 2.53 bits per heavy atom. The van der Waals surface area contributed by atoms with Gasteiger partial charge in [-0.2, -0.15) is 0 Å². The first kappa shape index (κ1) is 14.0. The van der Waals surface area contributed by atoms with Crippen LogP contribution in [0, 0.1) is 0 Å². The molecule has 0 amide bonds. The van der Waals surface area contributed by atoms with E-state index >= 15 is 0 Å². The number of benzene rings is 1. The van der Waals surface area contributed by atoms with Gasteiger partial charge in [0.2, 0.25) is 0 Å². The molecule has 0 radical (unpaired) electrons. The third-order valence-electron chi connectivity index (χ3n) is 3.04. The highest BCUT2D eigenvalue weighted by Crippen LogP contribution is 2.23. The number of para-hydroxylation sites is 1. The van der Waals surface area contributed by atoms with E-state index in [1.54, 1.807) is 7.11 Å². The van der Waals surface area contributed by atoms with Crippen LogP contribution in [0.25, 0.3) is 0 Å². The van der Waals surface area contributed by atoms with Crippen molar-refractivity contribution in [3.05, 3.63) is 29.8 Å². The molecule has 2 N–H and O–H groups in total. The van der Waals surface area contributed by atoms with Crippen LogP contribution < -0.4 is 10.5 Å². The Morgan fingerprint density at radius 2 is 1.94 bits per heavy atom. The van der Waals surface area contributed by atoms with Crippen molar-refractivity contribution in [3.63, 3.8) is 0 Å². The van der Waals surface area contributed by atoms with Crippen molar-refractivity contribution >= 4 is 0 Å². The van der Waals surface area contributed by atoms with E-state index in [-0.39, 0.29) is 11.6 Å². The van der Waals surface area contributed by atoms with E-state index in [0.29, 0.717) is 6.61 Å². The predicted octanol–water partition coefficient (Wildman–Crippen LogP) is 2.38. The SMILES string of the molecule is CCOC(C)(C)C(N)Cc1ccccc1OC. The van der Waals surface area contributed by atoms with Crippen molar-refractivity contribution in [1.82, 2.24) is 0 Å². The monoisotopic (exact) mass is 237 g/mol. The molecule has 3 nitrogen and oxygen atoms in total. The molecule has 17 heavy (non-hydrogen) atoms. The van der Waals surface area contributed by atoms with Crippen LogP contribution in [0.4, 0.5) is 0 Å². The van der Waals surface area contributed by atoms with Crippen LogP contribution in [0.15, 0.2) is 24.3 Å². The predicted molar refractivity (Wildman–Crippen MR) is 70.4 cm³/mol. The normalized spacial score (nSPS) is 13.5. The van der Waals surface area contributed by atoms with E-state index in [9.17, 15) is 0 Å². The summed E-state index contributed by atoms with van der Waals surface area (Å²) in [6.45, 7) is 6.71. The van der Waals surface area contributed by atoms with Crippen molar-refractivity contribution in [2.45, 2.75) is 38.8 Å². The molecule has 1 atom stereocenters. The van der Waals surface area contributed by atoms with Gasteiger partial charge in [-0.05, 0) is 38.8 Å². The number of methoxy groups -OCH3 is 1. The first-order valence-electron chi connectivity index (χ1n) is 6.02. The van der Waals surface area contributed by atoms with Gasteiger partial charge in [-0.3, -0.25) is 0 Å². The summed E-state index contributed by atoms with van der Waals surface area (Å²) in [4.78, 5) is 0. The highest BCUT2D eigenvalue weighted by molar-refractivity contribution is 5.34. The molecule has 96 valence electrons. The van der Waals surface area contributed by atoms with Gasteiger partial charge in [-0.1, -0.05) is 18.2 Å². The molecular formula is C14H23NO2. The molecule has 0 saturated heterocycles. The fraction of sp³-hybridized carbons (Fsp3) is 0.571. The summed E-state index contributed by atoms with van der Waals surface area (Å²) in [6.07, 6.45) is 0.747. The minimum Gasteiger partial charge on any atom is -0.496 e. The molecule has 1 aromatic rings. The van der Waals surface area contributed by atoms with Crippen LogP contribution in [-0.2, 0) is 11.2 Å². The lowest BCUT2D eigenvalue weighted by Crippen LogP contribution is -2.46. The first-order valence-corrected chi connectivity index (χ1v) is 6.02. The first-order chi connectivity index (χ1) is 8.01. The Kier molecular flexibility index (Phi) is 4.97.